The van der Waals surface area contributed by atoms with Crippen LogP contribution in [-0.2, 0) is 4.79 Å². The van der Waals surface area contributed by atoms with E-state index < -0.39 is 6.03 Å². The number of fused-ring (bicyclic) bond motifs is 1. The fraction of sp³-hybridized carbons (Fsp3) is 0.333. The zero-order valence-electron chi connectivity index (χ0n) is 10.2. The van der Waals surface area contributed by atoms with E-state index in [4.69, 9.17) is 0 Å². The van der Waals surface area contributed by atoms with Crippen molar-refractivity contribution in [2.45, 2.75) is 0 Å². The van der Waals surface area contributed by atoms with Crippen molar-refractivity contribution in [3.63, 3.8) is 0 Å². The van der Waals surface area contributed by atoms with Gasteiger partial charge in [0.05, 0.1) is 17.9 Å². The number of para-hydroxylation sites is 2. The molecule has 96 valence electrons. The van der Waals surface area contributed by atoms with Crippen LogP contribution in [0.2, 0.25) is 0 Å². The average Bonchev–Trinajstić information content (AvgIpc) is 2.39. The van der Waals surface area contributed by atoms with Crippen molar-refractivity contribution < 1.29 is 9.59 Å². The van der Waals surface area contributed by atoms with E-state index in [2.05, 4.69) is 16.0 Å². The highest BCUT2D eigenvalue weighted by atomic mass is 16.2. The minimum absolute atomic E-state index is 0.173. The third-order valence-corrected chi connectivity index (χ3v) is 2.76. The van der Waals surface area contributed by atoms with Gasteiger partial charge in [0.2, 0.25) is 5.91 Å². The number of carbonyl (C=O) groups is 2. The van der Waals surface area contributed by atoms with Crippen LogP contribution < -0.4 is 20.9 Å². The molecule has 18 heavy (non-hydrogen) atoms. The van der Waals surface area contributed by atoms with E-state index in [9.17, 15) is 9.59 Å². The zero-order valence-corrected chi connectivity index (χ0v) is 10.2. The van der Waals surface area contributed by atoms with Gasteiger partial charge in [-0.05, 0) is 12.1 Å². The molecule has 0 bridgehead atoms. The van der Waals surface area contributed by atoms with E-state index in [0.29, 0.717) is 0 Å². The molecule has 1 aromatic rings. The first-order chi connectivity index (χ1) is 8.70. The maximum absolute atomic E-state index is 11.7. The summed E-state index contributed by atoms with van der Waals surface area (Å²) < 4.78 is 0. The van der Waals surface area contributed by atoms with Crippen LogP contribution in [0, 0.1) is 0 Å². The van der Waals surface area contributed by atoms with E-state index >= 15 is 0 Å². The minimum Gasteiger partial charge on any atom is -0.382 e. The predicted molar refractivity (Wildman–Crippen MR) is 69.7 cm³/mol. The summed E-state index contributed by atoms with van der Waals surface area (Å²) in [6.07, 6.45) is 0. The van der Waals surface area contributed by atoms with Crippen molar-refractivity contribution >= 4 is 23.3 Å². The highest BCUT2D eigenvalue weighted by Crippen LogP contribution is 2.27. The first-order valence-electron chi connectivity index (χ1n) is 5.80. The lowest BCUT2D eigenvalue weighted by atomic mass is 10.2. The van der Waals surface area contributed by atoms with Crippen LogP contribution >= 0.6 is 0 Å². The van der Waals surface area contributed by atoms with Gasteiger partial charge < -0.3 is 15.5 Å². The summed E-state index contributed by atoms with van der Waals surface area (Å²) in [4.78, 5) is 24.6. The lowest BCUT2D eigenvalue weighted by Gasteiger charge is -2.31. The van der Waals surface area contributed by atoms with Crippen molar-refractivity contribution in [2.75, 3.05) is 36.9 Å². The molecule has 0 unspecified atom stereocenters. The zero-order chi connectivity index (χ0) is 13.0. The standard InChI is InChI=1S/C12H16N4O2/c1-13-12(18)15-11(17)8-16-7-6-14-9-4-2-3-5-10(9)16/h2-5,14H,6-8H2,1H3,(H2,13,15,17,18). The number of hydrogen-bond donors (Lipinski definition) is 3. The van der Waals surface area contributed by atoms with Gasteiger partial charge in [0.25, 0.3) is 0 Å². The summed E-state index contributed by atoms with van der Waals surface area (Å²) in [6, 6.07) is 7.31. The highest BCUT2D eigenvalue weighted by molar-refractivity contribution is 5.96. The Bertz CT molecular complexity index is 461. The fourth-order valence-electron chi connectivity index (χ4n) is 1.91. The van der Waals surface area contributed by atoms with Crippen LogP contribution in [0.5, 0.6) is 0 Å². The van der Waals surface area contributed by atoms with Crippen molar-refractivity contribution in [1.82, 2.24) is 10.6 Å². The number of imide groups is 1. The third-order valence-electron chi connectivity index (χ3n) is 2.76. The number of nitrogens with one attached hydrogen (secondary N) is 3. The Balaban J connectivity index is 2.03. The van der Waals surface area contributed by atoms with Crippen LogP contribution in [0.25, 0.3) is 0 Å². The molecule has 3 N–H and O–H groups in total. The summed E-state index contributed by atoms with van der Waals surface area (Å²) in [7, 11) is 1.47. The molecule has 1 aliphatic heterocycles. The van der Waals surface area contributed by atoms with E-state index in [1.54, 1.807) is 0 Å². The number of urea groups is 1. The number of benzene rings is 1. The molecule has 0 saturated heterocycles. The van der Waals surface area contributed by atoms with Gasteiger partial charge in [0, 0.05) is 20.1 Å². The molecule has 0 spiro atoms. The lowest BCUT2D eigenvalue weighted by Crippen LogP contribution is -2.45. The van der Waals surface area contributed by atoms with E-state index in [-0.39, 0.29) is 12.5 Å². The van der Waals surface area contributed by atoms with Gasteiger partial charge in [0.1, 0.15) is 0 Å². The van der Waals surface area contributed by atoms with Crippen LogP contribution in [0.4, 0.5) is 16.2 Å². The monoisotopic (exact) mass is 248 g/mol. The van der Waals surface area contributed by atoms with Gasteiger partial charge in [-0.2, -0.15) is 0 Å². The average molecular weight is 248 g/mol. The molecular formula is C12H16N4O2. The molecule has 6 heteroatoms. The molecule has 0 aromatic heterocycles. The maximum atomic E-state index is 11.7. The minimum atomic E-state index is -0.483. The fourth-order valence-corrected chi connectivity index (χ4v) is 1.91. The number of hydrogen-bond acceptors (Lipinski definition) is 4. The Morgan fingerprint density at radius 2 is 2.17 bits per heavy atom. The maximum Gasteiger partial charge on any atom is 0.321 e. The lowest BCUT2D eigenvalue weighted by molar-refractivity contribution is -0.118. The molecular weight excluding hydrogens is 232 g/mol. The molecule has 0 saturated carbocycles. The molecule has 1 heterocycles. The van der Waals surface area contributed by atoms with Gasteiger partial charge in [-0.1, -0.05) is 12.1 Å². The number of anilines is 2. The van der Waals surface area contributed by atoms with Crippen molar-refractivity contribution in [1.29, 1.82) is 0 Å². The second-order valence-electron chi connectivity index (χ2n) is 3.99. The van der Waals surface area contributed by atoms with E-state index in [1.165, 1.54) is 7.05 Å². The molecule has 2 rings (SSSR count). The Morgan fingerprint density at radius 1 is 1.39 bits per heavy atom. The summed E-state index contributed by atoms with van der Waals surface area (Å²) in [5.74, 6) is -0.314. The third kappa shape index (κ3) is 2.71. The molecule has 0 atom stereocenters. The normalized spacial score (nSPS) is 13.3. The van der Waals surface area contributed by atoms with Gasteiger partial charge in [0.15, 0.2) is 0 Å². The number of nitrogens with zero attached hydrogens (tertiary/aromatic N) is 1. The van der Waals surface area contributed by atoms with Gasteiger partial charge >= 0.3 is 6.03 Å². The molecule has 1 aliphatic rings. The van der Waals surface area contributed by atoms with Crippen molar-refractivity contribution in [3.05, 3.63) is 24.3 Å². The first kappa shape index (κ1) is 12.2. The van der Waals surface area contributed by atoms with Crippen LogP contribution in [0.1, 0.15) is 0 Å². The summed E-state index contributed by atoms with van der Waals surface area (Å²) in [5, 5.41) is 7.87. The molecule has 0 radical (unpaired) electrons. The van der Waals surface area contributed by atoms with Crippen molar-refractivity contribution in [2.24, 2.45) is 0 Å². The van der Waals surface area contributed by atoms with Gasteiger partial charge in [-0.15, -0.1) is 0 Å². The van der Waals surface area contributed by atoms with E-state index in [0.717, 1.165) is 24.5 Å². The molecule has 3 amide bonds. The summed E-state index contributed by atoms with van der Waals surface area (Å²) in [5.41, 5.74) is 1.99. The van der Waals surface area contributed by atoms with Gasteiger partial charge in [-0.3, -0.25) is 10.1 Å². The molecule has 1 aromatic carbocycles. The number of carbonyl (C=O) groups excluding carboxylic acids is 2. The number of amides is 3. The Hall–Kier alpha value is -2.24. The number of rotatable bonds is 2. The summed E-state index contributed by atoms with van der Waals surface area (Å²) in [6.45, 7) is 1.69. The Kier molecular flexibility index (Phi) is 3.66. The van der Waals surface area contributed by atoms with Crippen molar-refractivity contribution in [3.8, 4) is 0 Å². The first-order valence-corrected chi connectivity index (χ1v) is 5.80. The van der Waals surface area contributed by atoms with Crippen LogP contribution in [0.15, 0.2) is 24.3 Å². The van der Waals surface area contributed by atoms with E-state index in [1.807, 2.05) is 29.2 Å². The Morgan fingerprint density at radius 3 is 2.94 bits per heavy atom. The SMILES string of the molecule is CNC(=O)NC(=O)CN1CCNc2ccccc21. The topological polar surface area (TPSA) is 73.5 Å². The second-order valence-corrected chi connectivity index (χ2v) is 3.99. The molecule has 0 fully saturated rings. The van der Waals surface area contributed by atoms with Gasteiger partial charge in [-0.25, -0.2) is 4.79 Å². The van der Waals surface area contributed by atoms with Crippen LogP contribution in [-0.4, -0.2) is 38.6 Å². The quantitative estimate of drug-likeness (QED) is 0.707. The smallest absolute Gasteiger partial charge is 0.321 e. The summed E-state index contributed by atoms with van der Waals surface area (Å²) >= 11 is 0. The molecule has 6 nitrogen and oxygen atoms in total. The largest absolute Gasteiger partial charge is 0.382 e. The Labute approximate surface area is 105 Å². The predicted octanol–water partition coefficient (Wildman–Crippen LogP) is 0.374. The second kappa shape index (κ2) is 5.39. The molecule has 0 aliphatic carbocycles. The highest BCUT2D eigenvalue weighted by Gasteiger charge is 2.18. The van der Waals surface area contributed by atoms with Crippen LogP contribution in [0.3, 0.4) is 0 Å².